The van der Waals surface area contributed by atoms with E-state index < -0.39 is 0 Å². The first-order valence-electron chi connectivity index (χ1n) is 7.65. The van der Waals surface area contributed by atoms with Crippen molar-refractivity contribution in [2.45, 2.75) is 19.3 Å². The van der Waals surface area contributed by atoms with Gasteiger partial charge in [-0.15, -0.1) is 0 Å². The third kappa shape index (κ3) is 5.09. The van der Waals surface area contributed by atoms with Crippen LogP contribution in [0.15, 0.2) is 0 Å². The van der Waals surface area contributed by atoms with Crippen LogP contribution in [0.3, 0.4) is 0 Å². The standard InChI is InChI=1S/C14H28N4O/c1-16(12-13-18-10-5-15-6-11-18)14(19)4-9-17-7-2-3-8-17/h15H,2-13H2,1H3. The number of carbonyl (C=O) groups is 1. The number of likely N-dealkylation sites (tertiary alicyclic amines) is 1. The lowest BCUT2D eigenvalue weighted by Gasteiger charge is -2.29. The maximum Gasteiger partial charge on any atom is 0.223 e. The second kappa shape index (κ2) is 7.82. The van der Waals surface area contributed by atoms with Gasteiger partial charge in [0.25, 0.3) is 0 Å². The predicted molar refractivity (Wildman–Crippen MR) is 77.2 cm³/mol. The normalized spacial score (nSPS) is 21.7. The zero-order chi connectivity index (χ0) is 13.5. The molecule has 2 aliphatic heterocycles. The monoisotopic (exact) mass is 268 g/mol. The van der Waals surface area contributed by atoms with E-state index in [4.69, 9.17) is 0 Å². The third-order valence-electron chi connectivity index (χ3n) is 4.23. The van der Waals surface area contributed by atoms with E-state index in [2.05, 4.69) is 15.1 Å². The van der Waals surface area contributed by atoms with Crippen LogP contribution >= 0.6 is 0 Å². The molecule has 0 spiro atoms. The van der Waals surface area contributed by atoms with Crippen molar-refractivity contribution in [2.75, 3.05) is 66.0 Å². The van der Waals surface area contributed by atoms with Crippen LogP contribution in [0.4, 0.5) is 0 Å². The highest BCUT2D eigenvalue weighted by molar-refractivity contribution is 5.76. The molecule has 0 bridgehead atoms. The molecular formula is C14H28N4O. The summed E-state index contributed by atoms with van der Waals surface area (Å²) in [6.07, 6.45) is 3.28. The van der Waals surface area contributed by atoms with E-state index in [-0.39, 0.29) is 0 Å². The Balaban J connectivity index is 1.58. The first-order chi connectivity index (χ1) is 9.25. The Morgan fingerprint density at radius 1 is 1.05 bits per heavy atom. The Kier molecular flexibility index (Phi) is 6.07. The maximum atomic E-state index is 12.0. The molecule has 0 atom stereocenters. The Labute approximate surface area is 116 Å². The highest BCUT2D eigenvalue weighted by Crippen LogP contribution is 2.08. The van der Waals surface area contributed by atoms with E-state index in [1.807, 2.05) is 11.9 Å². The van der Waals surface area contributed by atoms with E-state index in [0.29, 0.717) is 12.3 Å². The molecule has 2 rings (SSSR count). The van der Waals surface area contributed by atoms with Crippen molar-refractivity contribution >= 4 is 5.91 Å². The van der Waals surface area contributed by atoms with Crippen LogP contribution in [0.5, 0.6) is 0 Å². The summed E-state index contributed by atoms with van der Waals surface area (Å²) in [5.41, 5.74) is 0. The number of piperazine rings is 1. The minimum Gasteiger partial charge on any atom is -0.344 e. The van der Waals surface area contributed by atoms with E-state index >= 15 is 0 Å². The first-order valence-corrected chi connectivity index (χ1v) is 7.65. The number of rotatable bonds is 6. The lowest BCUT2D eigenvalue weighted by atomic mass is 10.3. The molecule has 0 unspecified atom stereocenters. The summed E-state index contributed by atoms with van der Waals surface area (Å²) >= 11 is 0. The predicted octanol–water partition coefficient (Wildman–Crippen LogP) is -0.164. The van der Waals surface area contributed by atoms with Gasteiger partial charge in [-0.05, 0) is 25.9 Å². The maximum absolute atomic E-state index is 12.0. The Morgan fingerprint density at radius 2 is 1.68 bits per heavy atom. The average Bonchev–Trinajstić information content (AvgIpc) is 2.96. The number of nitrogens with one attached hydrogen (secondary N) is 1. The lowest BCUT2D eigenvalue weighted by molar-refractivity contribution is -0.130. The highest BCUT2D eigenvalue weighted by atomic mass is 16.2. The van der Waals surface area contributed by atoms with E-state index in [0.717, 1.165) is 45.8 Å². The summed E-state index contributed by atoms with van der Waals surface area (Å²) in [6.45, 7) is 9.53. The molecule has 5 heteroatoms. The fraction of sp³-hybridized carbons (Fsp3) is 0.929. The van der Waals surface area contributed by atoms with Crippen molar-refractivity contribution in [2.24, 2.45) is 0 Å². The fourth-order valence-electron chi connectivity index (χ4n) is 2.80. The summed E-state index contributed by atoms with van der Waals surface area (Å²) in [6, 6.07) is 0. The van der Waals surface area contributed by atoms with Crippen LogP contribution in [0.2, 0.25) is 0 Å². The summed E-state index contributed by atoms with van der Waals surface area (Å²) in [5.74, 6) is 0.294. The van der Waals surface area contributed by atoms with Gasteiger partial charge in [0.2, 0.25) is 5.91 Å². The number of carbonyl (C=O) groups excluding carboxylic acids is 1. The largest absolute Gasteiger partial charge is 0.344 e. The molecule has 0 aromatic carbocycles. The zero-order valence-electron chi connectivity index (χ0n) is 12.2. The van der Waals surface area contributed by atoms with Gasteiger partial charge in [0.05, 0.1) is 0 Å². The molecule has 0 aromatic rings. The number of nitrogens with zero attached hydrogens (tertiary/aromatic N) is 3. The molecule has 110 valence electrons. The summed E-state index contributed by atoms with van der Waals surface area (Å²) < 4.78 is 0. The summed E-state index contributed by atoms with van der Waals surface area (Å²) in [4.78, 5) is 18.8. The quantitative estimate of drug-likeness (QED) is 0.726. The first kappa shape index (κ1) is 14.8. The molecule has 1 N–H and O–H groups in total. The minimum atomic E-state index is 0.294. The van der Waals surface area contributed by atoms with Gasteiger partial charge in [0.15, 0.2) is 0 Å². The molecule has 2 saturated heterocycles. The van der Waals surface area contributed by atoms with Gasteiger partial charge in [-0.2, -0.15) is 0 Å². The molecule has 0 saturated carbocycles. The van der Waals surface area contributed by atoms with Gasteiger partial charge in [-0.25, -0.2) is 0 Å². The second-order valence-corrected chi connectivity index (χ2v) is 5.71. The SMILES string of the molecule is CN(CCN1CCNCC1)C(=O)CCN1CCCC1. The Bertz CT molecular complexity index is 273. The molecule has 0 aromatic heterocycles. The van der Waals surface area contributed by atoms with Gasteiger partial charge < -0.3 is 15.1 Å². The molecule has 2 heterocycles. The fourth-order valence-corrected chi connectivity index (χ4v) is 2.80. The van der Waals surface area contributed by atoms with Crippen LogP contribution in [0.25, 0.3) is 0 Å². The van der Waals surface area contributed by atoms with Crippen molar-refractivity contribution in [3.05, 3.63) is 0 Å². The number of likely N-dealkylation sites (N-methyl/N-ethyl adjacent to an activating group) is 1. The number of hydrogen-bond acceptors (Lipinski definition) is 4. The van der Waals surface area contributed by atoms with Gasteiger partial charge >= 0.3 is 0 Å². The lowest BCUT2D eigenvalue weighted by Crippen LogP contribution is -2.46. The van der Waals surface area contributed by atoms with Crippen LogP contribution in [0, 0.1) is 0 Å². The van der Waals surface area contributed by atoms with Crippen LogP contribution < -0.4 is 5.32 Å². The van der Waals surface area contributed by atoms with Gasteiger partial charge in [-0.1, -0.05) is 0 Å². The van der Waals surface area contributed by atoms with Gasteiger partial charge in [0, 0.05) is 59.3 Å². The second-order valence-electron chi connectivity index (χ2n) is 5.71. The number of amides is 1. The van der Waals surface area contributed by atoms with Crippen LogP contribution in [0.1, 0.15) is 19.3 Å². The topological polar surface area (TPSA) is 38.8 Å². The zero-order valence-corrected chi connectivity index (χ0v) is 12.2. The summed E-state index contributed by atoms with van der Waals surface area (Å²) in [5, 5.41) is 3.35. The molecule has 2 fully saturated rings. The number of hydrogen-bond donors (Lipinski definition) is 1. The Hall–Kier alpha value is -0.650. The van der Waals surface area contributed by atoms with Crippen molar-refractivity contribution in [3.63, 3.8) is 0 Å². The molecule has 1 amide bonds. The van der Waals surface area contributed by atoms with Gasteiger partial charge in [-0.3, -0.25) is 9.69 Å². The van der Waals surface area contributed by atoms with Crippen molar-refractivity contribution in [3.8, 4) is 0 Å². The minimum absolute atomic E-state index is 0.294. The highest BCUT2D eigenvalue weighted by Gasteiger charge is 2.16. The van der Waals surface area contributed by atoms with Crippen molar-refractivity contribution in [1.82, 2.24) is 20.0 Å². The van der Waals surface area contributed by atoms with E-state index in [1.165, 1.54) is 25.9 Å². The summed E-state index contributed by atoms with van der Waals surface area (Å²) in [7, 11) is 1.94. The molecule has 19 heavy (non-hydrogen) atoms. The molecule has 5 nitrogen and oxygen atoms in total. The van der Waals surface area contributed by atoms with Crippen LogP contribution in [-0.2, 0) is 4.79 Å². The average molecular weight is 268 g/mol. The molecule has 0 radical (unpaired) electrons. The molecule has 2 aliphatic rings. The van der Waals surface area contributed by atoms with Crippen LogP contribution in [-0.4, -0.2) is 86.6 Å². The van der Waals surface area contributed by atoms with Gasteiger partial charge in [0.1, 0.15) is 0 Å². The molecule has 0 aliphatic carbocycles. The Morgan fingerprint density at radius 3 is 2.37 bits per heavy atom. The molecular weight excluding hydrogens is 240 g/mol. The van der Waals surface area contributed by atoms with E-state index in [1.54, 1.807) is 0 Å². The third-order valence-corrected chi connectivity index (χ3v) is 4.23. The van der Waals surface area contributed by atoms with E-state index in [9.17, 15) is 4.79 Å². The smallest absolute Gasteiger partial charge is 0.223 e. The van der Waals surface area contributed by atoms with Crippen molar-refractivity contribution < 1.29 is 4.79 Å². The van der Waals surface area contributed by atoms with Crippen molar-refractivity contribution in [1.29, 1.82) is 0 Å².